The molecule has 332 valence electrons. The number of hydrogen-bond acceptors (Lipinski definition) is 13. The summed E-state index contributed by atoms with van der Waals surface area (Å²) in [5.41, 5.74) is 1.03. The van der Waals surface area contributed by atoms with Gasteiger partial charge in [0.2, 0.25) is 5.52 Å². The Morgan fingerprint density at radius 1 is 0.828 bits per heavy atom. The summed E-state index contributed by atoms with van der Waals surface area (Å²) in [6.45, 7) is 3.05. The molecule has 0 saturated heterocycles. The number of carbonyl (C=O) groups excluding carboxylic acids is 1. The summed E-state index contributed by atoms with van der Waals surface area (Å²) in [5.74, 6) is -0.410. The van der Waals surface area contributed by atoms with E-state index in [2.05, 4.69) is 22.6 Å². The molecule has 0 amide bonds. The van der Waals surface area contributed by atoms with Crippen molar-refractivity contribution in [2.45, 2.75) is 161 Å². The smallest absolute Gasteiger partial charge is 0.306 e. The second kappa shape index (κ2) is 30.9. The van der Waals surface area contributed by atoms with Gasteiger partial charge in [-0.15, -0.1) is 0 Å². The number of fused-ring (bicyclic) bond motifs is 1. The van der Waals surface area contributed by atoms with Crippen molar-refractivity contribution in [3.05, 3.63) is 34.6 Å². The number of allylic oxidation sites excluding steroid dienone is 1. The molecule has 15 nitrogen and oxygen atoms in total. The minimum Gasteiger partial charge on any atom is -0.756 e. The van der Waals surface area contributed by atoms with Crippen molar-refractivity contribution < 1.29 is 46.8 Å². The summed E-state index contributed by atoms with van der Waals surface area (Å²) >= 11 is 0. The largest absolute Gasteiger partial charge is 0.756 e. The molecule has 0 radical (unpaired) electrons. The number of nitro benzene ring substituents is 1. The molecule has 2 aromatic rings. The number of phosphoric acid groups is 1. The van der Waals surface area contributed by atoms with Crippen molar-refractivity contribution in [2.24, 2.45) is 0 Å². The summed E-state index contributed by atoms with van der Waals surface area (Å²) in [7, 11) is 1.23. The highest BCUT2D eigenvalue weighted by Gasteiger charge is 2.21. The molecule has 0 aliphatic carbocycles. The molecule has 16 heteroatoms. The maximum absolute atomic E-state index is 12.7. The molecule has 2 rings (SSSR count). The Morgan fingerprint density at radius 2 is 1.40 bits per heavy atom. The molecule has 0 fully saturated rings. The molecule has 1 aromatic carbocycles. The lowest BCUT2D eigenvalue weighted by Crippen LogP contribution is -2.37. The van der Waals surface area contributed by atoms with Gasteiger partial charge in [0.15, 0.2) is 11.6 Å². The second-order valence-electron chi connectivity index (χ2n) is 16.3. The Hall–Kier alpha value is -3.10. The van der Waals surface area contributed by atoms with Gasteiger partial charge in [-0.1, -0.05) is 122 Å². The number of esters is 1. The maximum Gasteiger partial charge on any atom is 0.306 e. The van der Waals surface area contributed by atoms with Gasteiger partial charge in [0, 0.05) is 19.0 Å². The third-order valence-electron chi connectivity index (χ3n) is 9.89. The van der Waals surface area contributed by atoms with Crippen LogP contribution in [0, 0.1) is 10.1 Å². The van der Waals surface area contributed by atoms with E-state index in [0.717, 1.165) is 64.2 Å². The molecule has 0 aliphatic rings. The van der Waals surface area contributed by atoms with Crippen LogP contribution in [0.25, 0.3) is 11.0 Å². The predicted molar refractivity (Wildman–Crippen MR) is 226 cm³/mol. The standard InChI is InChI=1S/C42H74N5O10P/c1-5-6-7-8-9-10-11-12-13-14-18-21-24-27-33-53-35-37(36-55-58(51,52)54-34-32-47(2,3)4)56-40(48)28-25-22-19-16-15-17-20-23-26-31-43-38-29-30-39(46(49)50)42-41(38)44-57-45-42/h27,29-30,33,37H,5-26,28,31-32,34-36H2,1-4H3,(H-,43,45,51,52)/b33-27-/t37-/m1/s1. The van der Waals surface area contributed by atoms with Crippen LogP contribution in [0.2, 0.25) is 0 Å². The van der Waals surface area contributed by atoms with E-state index in [1.807, 2.05) is 27.2 Å². The number of hydrogen-bond donors (Lipinski definition) is 1. The van der Waals surface area contributed by atoms with Gasteiger partial charge < -0.3 is 33.2 Å². The zero-order valence-electron chi connectivity index (χ0n) is 36.0. The number of aromatic nitrogens is 2. The Kier molecular flexibility index (Phi) is 27.2. The van der Waals surface area contributed by atoms with Crippen LogP contribution < -0.4 is 10.2 Å². The molecular formula is C42H74N5O10P. The van der Waals surface area contributed by atoms with E-state index in [1.165, 1.54) is 76.7 Å². The first-order chi connectivity index (χ1) is 27.9. The number of non-ortho nitro benzene ring substituents is 1. The second-order valence-corrected chi connectivity index (χ2v) is 17.7. The number of benzene rings is 1. The number of nitro groups is 1. The summed E-state index contributed by atoms with van der Waals surface area (Å²) in [4.78, 5) is 35.7. The van der Waals surface area contributed by atoms with E-state index in [9.17, 15) is 24.4 Å². The van der Waals surface area contributed by atoms with E-state index in [0.29, 0.717) is 35.2 Å². The fourth-order valence-corrected chi connectivity index (χ4v) is 7.13. The van der Waals surface area contributed by atoms with Gasteiger partial charge in [0.05, 0.1) is 44.6 Å². The van der Waals surface area contributed by atoms with Gasteiger partial charge in [0.1, 0.15) is 19.8 Å². The number of rotatable bonds is 38. The number of phosphoric ester groups is 1. The minimum absolute atomic E-state index is 0.0109. The average molecular weight is 840 g/mol. The molecule has 2 atom stereocenters. The summed E-state index contributed by atoms with van der Waals surface area (Å²) in [5, 5.41) is 21.9. The highest BCUT2D eigenvalue weighted by Crippen LogP contribution is 2.38. The molecule has 1 N–H and O–H groups in total. The summed E-state index contributed by atoms with van der Waals surface area (Å²) in [6, 6.07) is 3.03. The number of carbonyl (C=O) groups is 1. The zero-order valence-corrected chi connectivity index (χ0v) is 36.9. The topological polar surface area (TPSA) is 188 Å². The van der Waals surface area contributed by atoms with Gasteiger partial charge in [-0.25, -0.2) is 4.63 Å². The lowest BCUT2D eigenvalue weighted by molar-refractivity contribution is -0.870. The highest BCUT2D eigenvalue weighted by atomic mass is 31.2. The van der Waals surface area contributed by atoms with Crippen molar-refractivity contribution in [1.82, 2.24) is 10.3 Å². The SMILES string of the molecule is CCCCCCCCCCCCCC/C=C\OC[C@H](COP(=O)([O-])OCC[N+](C)(C)C)OC(=O)CCCCCCCCCCCNc1ccc([N+](=O)[O-])c2nonc12. The lowest BCUT2D eigenvalue weighted by Gasteiger charge is -2.28. The number of anilines is 1. The number of unbranched alkanes of at least 4 members (excludes halogenated alkanes) is 20. The van der Waals surface area contributed by atoms with E-state index in [-0.39, 0.29) is 37.4 Å². The first-order valence-electron chi connectivity index (χ1n) is 21.9. The van der Waals surface area contributed by atoms with Crippen molar-refractivity contribution >= 4 is 36.2 Å². The van der Waals surface area contributed by atoms with Crippen LogP contribution in [0.4, 0.5) is 11.4 Å². The van der Waals surface area contributed by atoms with Gasteiger partial charge in [-0.3, -0.25) is 19.5 Å². The lowest BCUT2D eigenvalue weighted by atomic mass is 10.0. The van der Waals surface area contributed by atoms with E-state index < -0.39 is 24.8 Å². The molecule has 0 aliphatic heterocycles. The number of nitrogens with zero attached hydrogens (tertiary/aromatic N) is 4. The zero-order chi connectivity index (χ0) is 42.3. The van der Waals surface area contributed by atoms with Gasteiger partial charge >= 0.3 is 11.7 Å². The number of nitrogens with one attached hydrogen (secondary N) is 1. The molecule has 58 heavy (non-hydrogen) atoms. The molecule has 0 saturated carbocycles. The first kappa shape index (κ1) is 51.0. The van der Waals surface area contributed by atoms with Crippen LogP contribution in [-0.2, 0) is 27.9 Å². The monoisotopic (exact) mass is 840 g/mol. The van der Waals surface area contributed by atoms with Crippen LogP contribution in [-0.4, -0.2) is 85.8 Å². The molecule has 0 spiro atoms. The maximum atomic E-state index is 12.7. The Bertz CT molecular complexity index is 1470. The van der Waals surface area contributed by atoms with Crippen molar-refractivity contribution in [1.29, 1.82) is 0 Å². The average Bonchev–Trinajstić information content (AvgIpc) is 3.67. The molecule has 1 aromatic heterocycles. The third kappa shape index (κ3) is 25.4. The number of quaternary nitrogens is 1. The van der Waals surface area contributed by atoms with Crippen LogP contribution in [0.1, 0.15) is 155 Å². The van der Waals surface area contributed by atoms with E-state index >= 15 is 0 Å². The molecule has 1 unspecified atom stereocenters. The Balaban J connectivity index is 1.58. The normalized spacial score (nSPS) is 13.5. The van der Waals surface area contributed by atoms with E-state index in [1.54, 1.807) is 12.3 Å². The highest BCUT2D eigenvalue weighted by molar-refractivity contribution is 7.45. The number of likely N-dealkylation sites (N-methyl/N-ethyl adjacent to an activating group) is 1. The van der Waals surface area contributed by atoms with Crippen LogP contribution in [0.3, 0.4) is 0 Å². The molecular weight excluding hydrogens is 765 g/mol. The van der Waals surface area contributed by atoms with Crippen LogP contribution >= 0.6 is 7.82 Å². The van der Waals surface area contributed by atoms with Crippen molar-refractivity contribution in [3.63, 3.8) is 0 Å². The van der Waals surface area contributed by atoms with Crippen molar-refractivity contribution in [2.75, 3.05) is 59.4 Å². The third-order valence-corrected chi connectivity index (χ3v) is 10.9. The summed E-state index contributed by atoms with van der Waals surface area (Å²) < 4.78 is 39.0. The predicted octanol–water partition coefficient (Wildman–Crippen LogP) is 10.2. The van der Waals surface area contributed by atoms with Gasteiger partial charge in [0.25, 0.3) is 7.82 Å². The summed E-state index contributed by atoms with van der Waals surface area (Å²) in [6.07, 6.45) is 28.4. The van der Waals surface area contributed by atoms with E-state index in [4.69, 9.17) is 23.2 Å². The molecule has 1 heterocycles. The fourth-order valence-electron chi connectivity index (χ4n) is 6.40. The quantitative estimate of drug-likeness (QED) is 0.0128. The first-order valence-corrected chi connectivity index (χ1v) is 23.4. The minimum atomic E-state index is -4.58. The van der Waals surface area contributed by atoms with Gasteiger partial charge in [-0.05, 0) is 48.1 Å². The fraction of sp³-hybridized carbons (Fsp3) is 0.786. The Labute approximate surface area is 347 Å². The number of ether oxygens (including phenoxy) is 2. The van der Waals surface area contributed by atoms with Crippen LogP contribution in [0.15, 0.2) is 29.1 Å². The Morgan fingerprint density at radius 3 is 2.00 bits per heavy atom. The van der Waals surface area contributed by atoms with Gasteiger partial charge in [-0.2, -0.15) is 0 Å². The molecule has 0 bridgehead atoms. The van der Waals surface area contributed by atoms with Crippen molar-refractivity contribution in [3.8, 4) is 0 Å². The van der Waals surface area contributed by atoms with Crippen LogP contribution in [0.5, 0.6) is 0 Å².